The summed E-state index contributed by atoms with van der Waals surface area (Å²) >= 11 is 6.12. The molecule has 3 N–H and O–H groups in total. The molecule has 6 nitrogen and oxygen atoms in total. The third kappa shape index (κ3) is 3.55. The number of pyridine rings is 1. The summed E-state index contributed by atoms with van der Waals surface area (Å²) in [7, 11) is 1.60. The minimum absolute atomic E-state index is 0.100. The molecule has 1 aromatic carbocycles. The molecule has 0 aliphatic heterocycles. The molecule has 2 aromatic rings. The number of hydrogen-bond acceptors (Lipinski definition) is 5. The first-order valence-electron chi connectivity index (χ1n) is 6.04. The lowest BCUT2D eigenvalue weighted by molar-refractivity contribution is 0.293. The van der Waals surface area contributed by atoms with E-state index >= 15 is 0 Å². The number of nitrogens with zero attached hydrogens (tertiary/aromatic N) is 2. The minimum atomic E-state index is -0.100. The van der Waals surface area contributed by atoms with Crippen molar-refractivity contribution >= 4 is 17.4 Å². The predicted octanol–water partition coefficient (Wildman–Crippen LogP) is 2.42. The minimum Gasteiger partial charge on any atom is -0.497 e. The van der Waals surface area contributed by atoms with Crippen molar-refractivity contribution in [3.8, 4) is 11.6 Å². The van der Waals surface area contributed by atoms with Gasteiger partial charge in [0.1, 0.15) is 17.4 Å². The van der Waals surface area contributed by atoms with E-state index in [1.54, 1.807) is 7.11 Å². The van der Waals surface area contributed by atoms with E-state index in [9.17, 15) is 0 Å². The van der Waals surface area contributed by atoms with Crippen LogP contribution in [0, 0.1) is 0 Å². The largest absolute Gasteiger partial charge is 0.497 e. The van der Waals surface area contributed by atoms with Crippen LogP contribution >= 0.6 is 11.6 Å². The highest BCUT2D eigenvalue weighted by Gasteiger charge is 2.12. The summed E-state index contributed by atoms with van der Waals surface area (Å²) in [6, 6.07) is 8.96. The maximum Gasteiger partial charge on any atom is 0.233 e. The van der Waals surface area contributed by atoms with Gasteiger partial charge in [0.25, 0.3) is 0 Å². The molecular weight excluding hydrogens is 294 g/mol. The quantitative estimate of drug-likeness (QED) is 0.383. The highest BCUT2D eigenvalue weighted by Crippen LogP contribution is 2.26. The molecule has 0 amide bonds. The first-order valence-corrected chi connectivity index (χ1v) is 6.41. The van der Waals surface area contributed by atoms with Crippen molar-refractivity contribution in [3.05, 3.63) is 52.7 Å². The van der Waals surface area contributed by atoms with E-state index in [2.05, 4.69) is 10.1 Å². The summed E-state index contributed by atoms with van der Waals surface area (Å²) in [6.45, 7) is 0.288. The van der Waals surface area contributed by atoms with Gasteiger partial charge in [-0.25, -0.2) is 4.98 Å². The molecule has 1 heterocycles. The molecule has 7 heteroatoms. The van der Waals surface area contributed by atoms with Crippen LogP contribution in [0.25, 0.3) is 0 Å². The lowest BCUT2D eigenvalue weighted by Crippen LogP contribution is -2.14. The van der Waals surface area contributed by atoms with Crippen molar-refractivity contribution in [1.82, 2.24) is 4.98 Å². The van der Waals surface area contributed by atoms with Crippen molar-refractivity contribution < 1.29 is 14.7 Å². The predicted molar refractivity (Wildman–Crippen MR) is 79.1 cm³/mol. The number of hydrogen-bond donors (Lipinski definition) is 2. The van der Waals surface area contributed by atoms with Crippen LogP contribution in [0.1, 0.15) is 11.1 Å². The molecule has 0 radical (unpaired) electrons. The Kier molecular flexibility index (Phi) is 4.84. The number of aromatic nitrogens is 1. The van der Waals surface area contributed by atoms with Crippen molar-refractivity contribution in [2.75, 3.05) is 7.11 Å². The van der Waals surface area contributed by atoms with Gasteiger partial charge in [-0.3, -0.25) is 0 Å². The highest BCUT2D eigenvalue weighted by atomic mass is 35.5. The average molecular weight is 308 g/mol. The Morgan fingerprint density at radius 1 is 1.33 bits per heavy atom. The lowest BCUT2D eigenvalue weighted by Gasteiger charge is -2.09. The summed E-state index contributed by atoms with van der Waals surface area (Å²) in [5, 5.41) is 11.8. The fraction of sp³-hybridized carbons (Fsp3) is 0.143. The molecule has 21 heavy (non-hydrogen) atoms. The zero-order valence-electron chi connectivity index (χ0n) is 11.3. The molecule has 0 fully saturated rings. The Labute approximate surface area is 126 Å². The Hall–Kier alpha value is -2.47. The summed E-state index contributed by atoms with van der Waals surface area (Å²) in [4.78, 5) is 4.03. The zero-order chi connectivity index (χ0) is 15.2. The van der Waals surface area contributed by atoms with Gasteiger partial charge in [-0.1, -0.05) is 28.9 Å². The summed E-state index contributed by atoms with van der Waals surface area (Å²) in [6.07, 6.45) is 1.47. The normalized spacial score (nSPS) is 11.2. The lowest BCUT2D eigenvalue weighted by atomic mass is 10.2. The fourth-order valence-electron chi connectivity index (χ4n) is 1.65. The van der Waals surface area contributed by atoms with Crippen LogP contribution in [0.15, 0.2) is 41.7 Å². The molecule has 0 atom stereocenters. The van der Waals surface area contributed by atoms with E-state index in [4.69, 9.17) is 32.0 Å². The molecule has 0 aliphatic rings. The van der Waals surface area contributed by atoms with Crippen molar-refractivity contribution in [3.63, 3.8) is 0 Å². The molecule has 0 unspecified atom stereocenters. The SMILES string of the molecule is COc1ccc(COc2nccc(/C(N)=N/O)c2Cl)cc1. The van der Waals surface area contributed by atoms with Gasteiger partial charge in [0.2, 0.25) is 5.88 Å². The smallest absolute Gasteiger partial charge is 0.233 e. The Bertz CT molecular complexity index is 644. The number of amidine groups is 1. The van der Waals surface area contributed by atoms with E-state index in [1.807, 2.05) is 24.3 Å². The Balaban J connectivity index is 2.12. The number of ether oxygens (including phenoxy) is 2. The second-order valence-corrected chi connectivity index (χ2v) is 4.48. The molecule has 2 rings (SSSR count). The average Bonchev–Trinajstić information content (AvgIpc) is 2.53. The molecule has 0 saturated heterocycles. The van der Waals surface area contributed by atoms with Crippen LogP contribution in [0.2, 0.25) is 5.02 Å². The van der Waals surface area contributed by atoms with Gasteiger partial charge in [-0.05, 0) is 23.8 Å². The van der Waals surface area contributed by atoms with Crippen LogP contribution in [0.3, 0.4) is 0 Å². The van der Waals surface area contributed by atoms with E-state index in [-0.39, 0.29) is 23.3 Å². The number of benzene rings is 1. The topological polar surface area (TPSA) is 90.0 Å². The van der Waals surface area contributed by atoms with Crippen LogP contribution in [-0.4, -0.2) is 23.1 Å². The van der Waals surface area contributed by atoms with E-state index in [0.717, 1.165) is 11.3 Å². The molecular formula is C14H14ClN3O3. The first kappa shape index (κ1) is 14.9. The third-order valence-corrected chi connectivity index (χ3v) is 3.14. The zero-order valence-corrected chi connectivity index (χ0v) is 12.0. The van der Waals surface area contributed by atoms with Gasteiger partial charge in [-0.15, -0.1) is 0 Å². The third-order valence-electron chi connectivity index (χ3n) is 2.78. The maximum atomic E-state index is 8.69. The Morgan fingerprint density at radius 2 is 2.05 bits per heavy atom. The van der Waals surface area contributed by atoms with Crippen LogP contribution < -0.4 is 15.2 Å². The van der Waals surface area contributed by atoms with E-state index < -0.39 is 0 Å². The van der Waals surface area contributed by atoms with Crippen LogP contribution in [-0.2, 0) is 6.61 Å². The number of nitrogens with two attached hydrogens (primary N) is 1. The van der Waals surface area contributed by atoms with Gasteiger partial charge < -0.3 is 20.4 Å². The van der Waals surface area contributed by atoms with E-state index in [0.29, 0.717) is 5.56 Å². The molecule has 1 aromatic heterocycles. The number of rotatable bonds is 5. The standard InChI is InChI=1S/C14H14ClN3O3/c1-20-10-4-2-9(3-5-10)8-21-14-12(15)11(6-7-17-14)13(16)18-19/h2-7,19H,8H2,1H3,(H2,16,18). The second-order valence-electron chi connectivity index (χ2n) is 4.10. The maximum absolute atomic E-state index is 8.69. The van der Waals surface area contributed by atoms with E-state index in [1.165, 1.54) is 12.3 Å². The molecule has 0 spiro atoms. The van der Waals surface area contributed by atoms with Gasteiger partial charge in [0.05, 0.1) is 7.11 Å². The van der Waals surface area contributed by atoms with Gasteiger partial charge in [0, 0.05) is 11.8 Å². The van der Waals surface area contributed by atoms with Crippen LogP contribution in [0.5, 0.6) is 11.6 Å². The Morgan fingerprint density at radius 3 is 2.67 bits per heavy atom. The van der Waals surface area contributed by atoms with Gasteiger partial charge in [0.15, 0.2) is 5.84 Å². The van der Waals surface area contributed by atoms with Gasteiger partial charge >= 0.3 is 0 Å². The first-order chi connectivity index (χ1) is 10.2. The second kappa shape index (κ2) is 6.81. The molecule has 110 valence electrons. The summed E-state index contributed by atoms with van der Waals surface area (Å²) in [5.74, 6) is 0.886. The summed E-state index contributed by atoms with van der Waals surface area (Å²) in [5.41, 5.74) is 6.81. The van der Waals surface area contributed by atoms with Crippen molar-refractivity contribution in [2.24, 2.45) is 10.9 Å². The molecule has 0 aliphatic carbocycles. The number of halogens is 1. The van der Waals surface area contributed by atoms with Crippen molar-refractivity contribution in [1.29, 1.82) is 0 Å². The fourth-order valence-corrected chi connectivity index (χ4v) is 1.91. The molecule has 0 bridgehead atoms. The number of oxime groups is 1. The van der Waals surface area contributed by atoms with Crippen LogP contribution in [0.4, 0.5) is 0 Å². The summed E-state index contributed by atoms with van der Waals surface area (Å²) < 4.78 is 10.6. The number of methoxy groups -OCH3 is 1. The highest BCUT2D eigenvalue weighted by molar-refractivity contribution is 6.35. The monoisotopic (exact) mass is 307 g/mol. The van der Waals surface area contributed by atoms with Gasteiger partial charge in [-0.2, -0.15) is 0 Å². The van der Waals surface area contributed by atoms with Crippen molar-refractivity contribution in [2.45, 2.75) is 6.61 Å². The molecule has 0 saturated carbocycles.